The fraction of sp³-hybridized carbons (Fsp3) is 0.238. The van der Waals surface area contributed by atoms with Crippen molar-refractivity contribution in [3.05, 3.63) is 83.9 Å². The van der Waals surface area contributed by atoms with Crippen molar-refractivity contribution in [1.82, 2.24) is 19.8 Å². The van der Waals surface area contributed by atoms with Crippen molar-refractivity contribution in [3.63, 3.8) is 0 Å². The largest absolute Gasteiger partial charge is 0.352 e. The van der Waals surface area contributed by atoms with Crippen LogP contribution in [0.1, 0.15) is 36.0 Å². The summed E-state index contributed by atoms with van der Waals surface area (Å²) in [6.45, 7) is 5.09. The van der Waals surface area contributed by atoms with Crippen molar-refractivity contribution in [2.75, 3.05) is 6.54 Å². The van der Waals surface area contributed by atoms with E-state index in [0.29, 0.717) is 0 Å². The number of rotatable bonds is 4. The molecule has 0 bridgehead atoms. The second kappa shape index (κ2) is 6.92. The molecular formula is C21H22N4S. The zero-order valence-electron chi connectivity index (χ0n) is 15.0. The lowest BCUT2D eigenvalue weighted by Crippen LogP contribution is -2.30. The predicted octanol–water partition coefficient (Wildman–Crippen LogP) is 4.17. The lowest BCUT2D eigenvalue weighted by Gasteiger charge is -2.28. The standard InChI is InChI=1S/C21H22N4S/c1-3-24-20(19(23-21(24)26)17-7-4-5-13-22-17)18-8-6-14-25(18)16-11-9-15(2)10-12-16/h4-14,19-20H,3H2,1-2H3,(H,23,26)/t19-,20+/m0/s1. The van der Waals surface area contributed by atoms with Gasteiger partial charge in [-0.3, -0.25) is 4.98 Å². The fourth-order valence-electron chi connectivity index (χ4n) is 3.64. The van der Waals surface area contributed by atoms with Gasteiger partial charge in [-0.1, -0.05) is 23.8 Å². The first-order valence-corrected chi connectivity index (χ1v) is 9.32. The maximum atomic E-state index is 5.62. The number of likely N-dealkylation sites (N-methyl/N-ethyl adjacent to an activating group) is 1. The first kappa shape index (κ1) is 16.8. The topological polar surface area (TPSA) is 33.1 Å². The maximum absolute atomic E-state index is 5.62. The molecule has 4 nitrogen and oxygen atoms in total. The Labute approximate surface area is 159 Å². The maximum Gasteiger partial charge on any atom is 0.170 e. The molecule has 0 spiro atoms. The summed E-state index contributed by atoms with van der Waals surface area (Å²) in [5.74, 6) is 0. The average Bonchev–Trinajstić information content (AvgIpc) is 3.27. The molecule has 1 aromatic carbocycles. The van der Waals surface area contributed by atoms with Crippen molar-refractivity contribution in [2.45, 2.75) is 25.9 Å². The third kappa shape index (κ3) is 2.88. The molecule has 26 heavy (non-hydrogen) atoms. The highest BCUT2D eigenvalue weighted by atomic mass is 32.1. The number of benzene rings is 1. The summed E-state index contributed by atoms with van der Waals surface area (Å²) in [6.07, 6.45) is 3.95. The molecule has 4 rings (SSSR count). The molecule has 1 N–H and O–H groups in total. The van der Waals surface area contributed by atoms with Crippen molar-refractivity contribution in [2.24, 2.45) is 0 Å². The minimum Gasteiger partial charge on any atom is -0.352 e. The van der Waals surface area contributed by atoms with Crippen LogP contribution in [0.3, 0.4) is 0 Å². The van der Waals surface area contributed by atoms with E-state index < -0.39 is 0 Å². The van der Waals surface area contributed by atoms with Gasteiger partial charge in [0.25, 0.3) is 0 Å². The number of thiocarbonyl (C=S) groups is 1. The summed E-state index contributed by atoms with van der Waals surface area (Å²) in [7, 11) is 0. The van der Waals surface area contributed by atoms with Gasteiger partial charge in [-0.2, -0.15) is 0 Å². The van der Waals surface area contributed by atoms with Crippen LogP contribution in [0.25, 0.3) is 5.69 Å². The third-order valence-corrected chi connectivity index (χ3v) is 5.29. The molecule has 3 heterocycles. The quantitative estimate of drug-likeness (QED) is 0.706. The molecule has 0 radical (unpaired) electrons. The van der Waals surface area contributed by atoms with E-state index >= 15 is 0 Å². The lowest BCUT2D eigenvalue weighted by atomic mass is 10.0. The Hall–Kier alpha value is -2.66. The van der Waals surface area contributed by atoms with Gasteiger partial charge < -0.3 is 14.8 Å². The first-order valence-electron chi connectivity index (χ1n) is 8.91. The predicted molar refractivity (Wildman–Crippen MR) is 108 cm³/mol. The number of hydrogen-bond donors (Lipinski definition) is 1. The van der Waals surface area contributed by atoms with E-state index in [1.807, 2.05) is 18.3 Å². The number of pyridine rings is 1. The molecule has 1 aliphatic heterocycles. The van der Waals surface area contributed by atoms with Gasteiger partial charge in [0, 0.05) is 30.3 Å². The average molecular weight is 363 g/mol. The Morgan fingerprint density at radius 2 is 1.88 bits per heavy atom. The Kier molecular flexibility index (Phi) is 4.47. The highest BCUT2D eigenvalue weighted by molar-refractivity contribution is 7.80. The molecule has 2 atom stereocenters. The Morgan fingerprint density at radius 1 is 1.08 bits per heavy atom. The number of hydrogen-bond acceptors (Lipinski definition) is 2. The zero-order valence-corrected chi connectivity index (χ0v) is 15.8. The fourth-order valence-corrected chi connectivity index (χ4v) is 4.01. The molecule has 0 saturated carbocycles. The summed E-state index contributed by atoms with van der Waals surface area (Å²) in [5, 5.41) is 4.26. The number of nitrogens with zero attached hydrogens (tertiary/aromatic N) is 3. The summed E-state index contributed by atoms with van der Waals surface area (Å²) in [5.41, 5.74) is 4.63. The van der Waals surface area contributed by atoms with E-state index in [4.69, 9.17) is 12.2 Å². The summed E-state index contributed by atoms with van der Waals surface area (Å²) in [4.78, 5) is 6.82. The van der Waals surface area contributed by atoms with Gasteiger partial charge in [-0.05, 0) is 62.5 Å². The second-order valence-electron chi connectivity index (χ2n) is 6.55. The molecule has 0 unspecified atom stereocenters. The van der Waals surface area contributed by atoms with Crippen molar-refractivity contribution in [3.8, 4) is 5.69 Å². The SMILES string of the molecule is CCN1C(=S)N[C@@H](c2ccccn2)[C@H]1c1cccn1-c1ccc(C)cc1. The van der Waals surface area contributed by atoms with Gasteiger partial charge in [-0.15, -0.1) is 0 Å². The molecule has 5 heteroatoms. The van der Waals surface area contributed by atoms with Crippen molar-refractivity contribution >= 4 is 17.3 Å². The van der Waals surface area contributed by atoms with Crippen LogP contribution in [0.2, 0.25) is 0 Å². The zero-order chi connectivity index (χ0) is 18.1. The van der Waals surface area contributed by atoms with E-state index in [1.54, 1.807) is 0 Å². The summed E-state index contributed by atoms with van der Waals surface area (Å²) >= 11 is 5.62. The summed E-state index contributed by atoms with van der Waals surface area (Å²) in [6, 6.07) is 19.0. The number of aryl methyl sites for hydroxylation is 1. The van der Waals surface area contributed by atoms with Crippen LogP contribution in [-0.2, 0) is 0 Å². The lowest BCUT2D eigenvalue weighted by molar-refractivity contribution is 0.321. The van der Waals surface area contributed by atoms with Crippen LogP contribution >= 0.6 is 12.2 Å². The molecule has 2 aromatic heterocycles. The molecule has 1 aliphatic rings. The van der Waals surface area contributed by atoms with E-state index in [2.05, 4.69) is 82.3 Å². The van der Waals surface area contributed by atoms with Gasteiger partial charge in [0.05, 0.1) is 17.8 Å². The van der Waals surface area contributed by atoms with Gasteiger partial charge >= 0.3 is 0 Å². The van der Waals surface area contributed by atoms with E-state index in [1.165, 1.54) is 11.3 Å². The minimum absolute atomic E-state index is 0.0303. The van der Waals surface area contributed by atoms with Crippen LogP contribution in [-0.4, -0.2) is 26.1 Å². The molecule has 1 fully saturated rings. The van der Waals surface area contributed by atoms with Crippen LogP contribution in [0, 0.1) is 6.92 Å². The Balaban J connectivity index is 1.80. The highest BCUT2D eigenvalue weighted by Crippen LogP contribution is 2.39. The van der Waals surface area contributed by atoms with Gasteiger partial charge in [0.15, 0.2) is 5.11 Å². The van der Waals surface area contributed by atoms with Gasteiger partial charge in [0.2, 0.25) is 0 Å². The molecule has 0 amide bonds. The monoisotopic (exact) mass is 362 g/mol. The van der Waals surface area contributed by atoms with Crippen molar-refractivity contribution in [1.29, 1.82) is 0 Å². The van der Waals surface area contributed by atoms with Crippen LogP contribution in [0.4, 0.5) is 0 Å². The second-order valence-corrected chi connectivity index (χ2v) is 6.94. The highest BCUT2D eigenvalue weighted by Gasteiger charge is 2.40. The number of nitrogens with one attached hydrogen (secondary N) is 1. The van der Waals surface area contributed by atoms with Gasteiger partial charge in [-0.25, -0.2) is 0 Å². The summed E-state index contributed by atoms with van der Waals surface area (Å²) < 4.78 is 2.25. The molecule has 0 aliphatic carbocycles. The smallest absolute Gasteiger partial charge is 0.170 e. The molecular weight excluding hydrogens is 340 g/mol. The van der Waals surface area contributed by atoms with Crippen LogP contribution in [0.5, 0.6) is 0 Å². The Morgan fingerprint density at radius 3 is 2.58 bits per heavy atom. The van der Waals surface area contributed by atoms with E-state index in [9.17, 15) is 0 Å². The van der Waals surface area contributed by atoms with Gasteiger partial charge in [0.1, 0.15) is 0 Å². The Bertz CT molecular complexity index is 901. The van der Waals surface area contributed by atoms with Crippen LogP contribution < -0.4 is 5.32 Å². The first-order chi connectivity index (χ1) is 12.7. The minimum atomic E-state index is 0.0303. The molecule has 1 saturated heterocycles. The van der Waals surface area contributed by atoms with Crippen LogP contribution in [0.15, 0.2) is 67.0 Å². The molecule has 132 valence electrons. The number of aromatic nitrogens is 2. The third-order valence-electron chi connectivity index (χ3n) is 4.93. The van der Waals surface area contributed by atoms with E-state index in [0.717, 1.165) is 23.0 Å². The van der Waals surface area contributed by atoms with Crippen molar-refractivity contribution < 1.29 is 0 Å². The normalized spacial score (nSPS) is 19.6. The molecule has 3 aromatic rings. The van der Waals surface area contributed by atoms with E-state index in [-0.39, 0.29) is 12.1 Å².